The van der Waals surface area contributed by atoms with Crippen molar-refractivity contribution in [2.24, 2.45) is 0 Å². The van der Waals surface area contributed by atoms with Crippen LogP contribution in [0.5, 0.6) is 5.75 Å². The number of aryl methyl sites for hydroxylation is 3. The van der Waals surface area contributed by atoms with E-state index >= 15 is 0 Å². The van der Waals surface area contributed by atoms with Crippen LogP contribution in [0.2, 0.25) is 0 Å². The van der Waals surface area contributed by atoms with Crippen molar-refractivity contribution in [3.05, 3.63) is 59.9 Å². The summed E-state index contributed by atoms with van der Waals surface area (Å²) < 4.78 is 11.2. The van der Waals surface area contributed by atoms with Crippen LogP contribution in [-0.4, -0.2) is 32.2 Å². The SMILES string of the molecule is COc1cc2c(cc1-c1c(C)noc1C)[nH]c1ncnc(-c3c(C)[nH]c4ccccc34)c12. The number of nitrogens with zero attached hydrogens (tertiary/aromatic N) is 3. The van der Waals surface area contributed by atoms with Crippen LogP contribution >= 0.6 is 0 Å². The van der Waals surface area contributed by atoms with Crippen molar-refractivity contribution >= 4 is 32.8 Å². The maximum absolute atomic E-state index is 5.80. The van der Waals surface area contributed by atoms with Gasteiger partial charge in [0.1, 0.15) is 23.5 Å². The summed E-state index contributed by atoms with van der Waals surface area (Å²) in [5.74, 6) is 1.50. The number of rotatable bonds is 3. The van der Waals surface area contributed by atoms with Crippen LogP contribution in [-0.2, 0) is 0 Å². The van der Waals surface area contributed by atoms with Crippen molar-refractivity contribution in [1.82, 2.24) is 25.1 Å². The maximum atomic E-state index is 5.80. The number of hydrogen-bond donors (Lipinski definition) is 2. The number of ether oxygens (including phenoxy) is 1. The molecule has 0 aliphatic heterocycles. The van der Waals surface area contributed by atoms with Gasteiger partial charge in [-0.25, -0.2) is 9.97 Å². The summed E-state index contributed by atoms with van der Waals surface area (Å²) in [6.45, 7) is 5.92. The summed E-state index contributed by atoms with van der Waals surface area (Å²) in [5, 5.41) is 7.23. The molecule has 0 aliphatic carbocycles. The normalized spacial score (nSPS) is 11.8. The summed E-state index contributed by atoms with van der Waals surface area (Å²) in [5.41, 5.74) is 8.58. The van der Waals surface area contributed by atoms with Gasteiger partial charge in [0.05, 0.1) is 29.4 Å². The molecule has 0 atom stereocenters. The van der Waals surface area contributed by atoms with Crippen LogP contribution in [0.4, 0.5) is 0 Å². The van der Waals surface area contributed by atoms with Gasteiger partial charge in [-0.2, -0.15) is 0 Å². The first-order chi connectivity index (χ1) is 15.6. The second-order valence-electron chi connectivity index (χ2n) is 8.04. The highest BCUT2D eigenvalue weighted by atomic mass is 16.5. The van der Waals surface area contributed by atoms with Crippen molar-refractivity contribution < 1.29 is 9.26 Å². The van der Waals surface area contributed by atoms with Gasteiger partial charge in [-0.15, -0.1) is 0 Å². The van der Waals surface area contributed by atoms with E-state index in [1.54, 1.807) is 13.4 Å². The third-order valence-corrected chi connectivity index (χ3v) is 6.14. The fraction of sp³-hybridized carbons (Fsp3) is 0.160. The van der Waals surface area contributed by atoms with Crippen LogP contribution in [0.15, 0.2) is 47.2 Å². The summed E-state index contributed by atoms with van der Waals surface area (Å²) in [6.07, 6.45) is 1.61. The molecule has 0 saturated heterocycles. The fourth-order valence-electron chi connectivity index (χ4n) is 4.76. The van der Waals surface area contributed by atoms with Gasteiger partial charge in [0.2, 0.25) is 0 Å². The number of H-pyrrole nitrogens is 2. The van der Waals surface area contributed by atoms with Gasteiger partial charge < -0.3 is 19.2 Å². The molecule has 0 amide bonds. The topological polar surface area (TPSA) is 92.6 Å². The highest BCUT2D eigenvalue weighted by molar-refractivity contribution is 6.16. The minimum Gasteiger partial charge on any atom is -0.496 e. The van der Waals surface area contributed by atoms with E-state index in [1.807, 2.05) is 32.0 Å². The fourth-order valence-corrected chi connectivity index (χ4v) is 4.76. The van der Waals surface area contributed by atoms with Crippen molar-refractivity contribution in [3.63, 3.8) is 0 Å². The van der Waals surface area contributed by atoms with E-state index in [4.69, 9.17) is 14.2 Å². The smallest absolute Gasteiger partial charge is 0.142 e. The van der Waals surface area contributed by atoms with E-state index in [0.717, 1.165) is 78.1 Å². The van der Waals surface area contributed by atoms with Crippen molar-refractivity contribution in [2.45, 2.75) is 20.8 Å². The second kappa shape index (κ2) is 6.68. The molecule has 2 aromatic carbocycles. The van der Waals surface area contributed by atoms with Crippen LogP contribution < -0.4 is 4.74 Å². The van der Waals surface area contributed by atoms with Gasteiger partial charge in [0.15, 0.2) is 0 Å². The monoisotopic (exact) mass is 423 g/mol. The molecule has 0 spiro atoms. The first-order valence-electron chi connectivity index (χ1n) is 10.4. The molecule has 2 N–H and O–H groups in total. The molecule has 0 unspecified atom stereocenters. The molecule has 7 nitrogen and oxygen atoms in total. The highest BCUT2D eigenvalue weighted by Crippen LogP contribution is 2.42. The average molecular weight is 423 g/mol. The third-order valence-electron chi connectivity index (χ3n) is 6.14. The van der Waals surface area contributed by atoms with Gasteiger partial charge in [0, 0.05) is 38.6 Å². The van der Waals surface area contributed by atoms with Gasteiger partial charge in [-0.3, -0.25) is 0 Å². The number of nitrogens with one attached hydrogen (secondary N) is 2. The number of hydrogen-bond acceptors (Lipinski definition) is 5. The van der Waals surface area contributed by atoms with Crippen molar-refractivity contribution in [1.29, 1.82) is 0 Å². The maximum Gasteiger partial charge on any atom is 0.142 e. The lowest BCUT2D eigenvalue weighted by molar-refractivity contribution is 0.393. The Hall–Kier alpha value is -4.13. The molecule has 158 valence electrons. The van der Waals surface area contributed by atoms with Crippen LogP contribution in [0, 0.1) is 20.8 Å². The molecule has 0 aliphatic rings. The molecular formula is C25H21N5O2. The van der Waals surface area contributed by atoms with E-state index in [-0.39, 0.29) is 0 Å². The number of benzene rings is 2. The molecule has 0 radical (unpaired) electrons. The molecule has 6 aromatic rings. The first-order valence-corrected chi connectivity index (χ1v) is 10.4. The number of aromatic amines is 2. The lowest BCUT2D eigenvalue weighted by atomic mass is 9.99. The zero-order valence-electron chi connectivity index (χ0n) is 18.2. The van der Waals surface area contributed by atoms with E-state index in [0.29, 0.717) is 0 Å². The van der Waals surface area contributed by atoms with E-state index in [9.17, 15) is 0 Å². The highest BCUT2D eigenvalue weighted by Gasteiger charge is 2.22. The molecule has 0 saturated carbocycles. The molecule has 6 rings (SSSR count). The predicted octanol–water partition coefficient (Wildman–Crippen LogP) is 5.85. The summed E-state index contributed by atoms with van der Waals surface area (Å²) in [6, 6.07) is 12.4. The van der Waals surface area contributed by atoms with Gasteiger partial charge in [0.25, 0.3) is 0 Å². The summed E-state index contributed by atoms with van der Waals surface area (Å²) >= 11 is 0. The minimum atomic E-state index is 0.748. The van der Waals surface area contributed by atoms with E-state index in [1.165, 1.54) is 0 Å². The zero-order valence-corrected chi connectivity index (χ0v) is 18.2. The Kier molecular flexibility index (Phi) is 3.89. The molecule has 4 heterocycles. The number of fused-ring (bicyclic) bond motifs is 4. The Balaban J connectivity index is 1.70. The van der Waals surface area contributed by atoms with Crippen LogP contribution in [0.3, 0.4) is 0 Å². The number of methoxy groups -OCH3 is 1. The van der Waals surface area contributed by atoms with Gasteiger partial charge in [-0.1, -0.05) is 23.4 Å². The number of aromatic nitrogens is 5. The Labute approximate surface area is 183 Å². The van der Waals surface area contributed by atoms with Crippen LogP contribution in [0.1, 0.15) is 17.1 Å². The number of para-hydroxylation sites is 1. The van der Waals surface area contributed by atoms with Crippen molar-refractivity contribution in [2.75, 3.05) is 7.11 Å². The Morgan fingerprint density at radius 1 is 0.906 bits per heavy atom. The molecule has 0 bridgehead atoms. The van der Waals surface area contributed by atoms with Crippen molar-refractivity contribution in [3.8, 4) is 28.1 Å². The zero-order chi connectivity index (χ0) is 22.0. The van der Waals surface area contributed by atoms with E-state index < -0.39 is 0 Å². The molecular weight excluding hydrogens is 402 g/mol. The average Bonchev–Trinajstić information content (AvgIpc) is 3.44. The first kappa shape index (κ1) is 18.6. The van der Waals surface area contributed by atoms with Gasteiger partial charge in [-0.05, 0) is 39.0 Å². The predicted molar refractivity (Wildman–Crippen MR) is 125 cm³/mol. The van der Waals surface area contributed by atoms with Crippen LogP contribution in [0.25, 0.3) is 55.2 Å². The lowest BCUT2D eigenvalue weighted by Gasteiger charge is -2.09. The molecule has 32 heavy (non-hydrogen) atoms. The summed E-state index contributed by atoms with van der Waals surface area (Å²) in [7, 11) is 1.68. The Bertz CT molecular complexity index is 1630. The van der Waals surface area contributed by atoms with Gasteiger partial charge >= 0.3 is 0 Å². The largest absolute Gasteiger partial charge is 0.496 e. The Morgan fingerprint density at radius 2 is 1.75 bits per heavy atom. The standard InChI is InChI=1S/C25H21N5O2/c1-12-22(15-7-5-6-8-18(15)28-12)24-23-16-10-20(31-4)17(21-13(2)30-32-14(21)3)9-19(16)29-25(23)27-11-26-24/h5-11,28H,1-4H3,(H,26,27,29). The molecule has 0 fully saturated rings. The molecule has 7 heteroatoms. The lowest BCUT2D eigenvalue weighted by Crippen LogP contribution is -1.91. The Morgan fingerprint density at radius 3 is 2.53 bits per heavy atom. The summed E-state index contributed by atoms with van der Waals surface area (Å²) in [4.78, 5) is 16.2. The molecule has 4 aromatic heterocycles. The minimum absolute atomic E-state index is 0.748. The quantitative estimate of drug-likeness (QED) is 0.373. The van der Waals surface area contributed by atoms with E-state index in [2.05, 4.69) is 45.2 Å². The third kappa shape index (κ3) is 2.51. The second-order valence-corrected chi connectivity index (χ2v) is 8.04.